The molecule has 0 aromatic heterocycles. The van der Waals surface area contributed by atoms with Crippen LogP contribution in [0.25, 0.3) is 0 Å². The van der Waals surface area contributed by atoms with Crippen LogP contribution in [0.5, 0.6) is 0 Å². The first-order valence-corrected chi connectivity index (χ1v) is 7.62. The number of likely N-dealkylation sites (N-methyl/N-ethyl adjacent to an activating group) is 1. The monoisotopic (exact) mass is 248 g/mol. The van der Waals surface area contributed by atoms with Crippen LogP contribution in [-0.2, 0) is 9.84 Å². The average molecular weight is 248 g/mol. The molecule has 2 N–H and O–H groups in total. The van der Waals surface area contributed by atoms with Crippen LogP contribution in [0.3, 0.4) is 0 Å². The maximum atomic E-state index is 11.3. The van der Waals surface area contributed by atoms with Gasteiger partial charge in [-0.05, 0) is 19.9 Å². The number of rotatable bonds is 5. The molecule has 0 bridgehead atoms. The Balaban J connectivity index is 1.69. The molecule has 1 aliphatic heterocycles. The van der Waals surface area contributed by atoms with E-state index >= 15 is 0 Å². The highest BCUT2D eigenvalue weighted by atomic mass is 32.2. The summed E-state index contributed by atoms with van der Waals surface area (Å²) in [6, 6.07) is 0.441. The topological polar surface area (TPSA) is 69.6 Å². The molecule has 5 nitrogen and oxygen atoms in total. The molecule has 94 valence electrons. The third kappa shape index (κ3) is 3.16. The average Bonchev–Trinajstić information content (AvgIpc) is 2.94. The van der Waals surface area contributed by atoms with E-state index in [1.54, 1.807) is 0 Å². The number of nitrogens with one attached hydrogen (secondary N) is 1. The lowest BCUT2D eigenvalue weighted by molar-refractivity contribution is 0.163. The van der Waals surface area contributed by atoms with Crippen molar-refractivity contribution < 1.29 is 13.5 Å². The number of aliphatic hydroxyl groups excluding tert-OH is 1. The van der Waals surface area contributed by atoms with E-state index < -0.39 is 15.9 Å². The summed E-state index contributed by atoms with van der Waals surface area (Å²) in [5, 5.41) is 12.7. The van der Waals surface area contributed by atoms with E-state index in [4.69, 9.17) is 0 Å². The summed E-state index contributed by atoms with van der Waals surface area (Å²) in [6.07, 6.45) is 1.81. The number of hydrogen-bond donors (Lipinski definition) is 2. The predicted molar refractivity (Wildman–Crippen MR) is 62.1 cm³/mol. The van der Waals surface area contributed by atoms with Gasteiger partial charge in [0.25, 0.3) is 0 Å². The van der Waals surface area contributed by atoms with Crippen molar-refractivity contribution in [3.63, 3.8) is 0 Å². The van der Waals surface area contributed by atoms with Gasteiger partial charge in [-0.2, -0.15) is 0 Å². The van der Waals surface area contributed by atoms with Gasteiger partial charge in [0.05, 0.1) is 17.6 Å². The molecule has 0 aromatic carbocycles. The Kier molecular flexibility index (Phi) is 3.53. The minimum atomic E-state index is -3.03. The zero-order valence-electron chi connectivity index (χ0n) is 9.59. The second kappa shape index (κ2) is 4.60. The summed E-state index contributed by atoms with van der Waals surface area (Å²) in [4.78, 5) is 2.28. The van der Waals surface area contributed by atoms with Gasteiger partial charge in [-0.25, -0.2) is 8.42 Å². The Labute approximate surface area is 96.7 Å². The predicted octanol–water partition coefficient (Wildman–Crippen LogP) is -1.17. The van der Waals surface area contributed by atoms with E-state index in [1.807, 2.05) is 0 Å². The highest BCUT2D eigenvalue weighted by Crippen LogP contribution is 2.24. The fourth-order valence-corrected chi connectivity index (χ4v) is 3.92. The Morgan fingerprint density at radius 3 is 2.56 bits per heavy atom. The molecule has 0 amide bonds. The second-order valence-electron chi connectivity index (χ2n) is 4.92. The first-order valence-electron chi connectivity index (χ1n) is 5.80. The number of sulfone groups is 1. The van der Waals surface area contributed by atoms with Gasteiger partial charge >= 0.3 is 0 Å². The molecule has 2 aliphatic rings. The van der Waals surface area contributed by atoms with Gasteiger partial charge in [-0.3, -0.25) is 0 Å². The van der Waals surface area contributed by atoms with Crippen molar-refractivity contribution in [1.82, 2.24) is 10.2 Å². The van der Waals surface area contributed by atoms with Gasteiger partial charge in [0.1, 0.15) is 0 Å². The van der Waals surface area contributed by atoms with Gasteiger partial charge in [-0.15, -0.1) is 0 Å². The van der Waals surface area contributed by atoms with Crippen molar-refractivity contribution in [2.75, 3.05) is 31.6 Å². The third-order valence-electron chi connectivity index (χ3n) is 3.36. The minimum Gasteiger partial charge on any atom is -0.390 e. The summed E-state index contributed by atoms with van der Waals surface area (Å²) in [6.45, 7) is 1.65. The summed E-state index contributed by atoms with van der Waals surface area (Å²) in [5.74, 6) is -0.0234. The van der Waals surface area contributed by atoms with Gasteiger partial charge in [-0.1, -0.05) is 0 Å². The standard InChI is InChI=1S/C10H20N2O3S/c1-12(8-2-3-8)5-4-11-9-6-16(14,15)7-10(9)13/h8-11,13H,2-7H2,1H3. The molecule has 1 saturated heterocycles. The van der Waals surface area contributed by atoms with Crippen molar-refractivity contribution >= 4 is 9.84 Å². The molecule has 1 aliphatic carbocycles. The SMILES string of the molecule is CN(CCNC1CS(=O)(=O)CC1O)C1CC1. The summed E-state index contributed by atoms with van der Waals surface area (Å²) in [5.41, 5.74) is 0. The lowest BCUT2D eigenvalue weighted by Crippen LogP contribution is -2.42. The van der Waals surface area contributed by atoms with Crippen molar-refractivity contribution in [2.45, 2.75) is 31.0 Å². The Bertz CT molecular complexity index is 340. The molecule has 1 saturated carbocycles. The van der Waals surface area contributed by atoms with Crippen LogP contribution in [-0.4, -0.2) is 68.3 Å². The first kappa shape index (κ1) is 12.3. The van der Waals surface area contributed by atoms with E-state index in [9.17, 15) is 13.5 Å². The molecule has 16 heavy (non-hydrogen) atoms. The molecular formula is C10H20N2O3S. The zero-order valence-corrected chi connectivity index (χ0v) is 10.4. The summed E-state index contributed by atoms with van der Waals surface area (Å²) < 4.78 is 22.5. The summed E-state index contributed by atoms with van der Waals surface area (Å²) in [7, 11) is -0.941. The van der Waals surface area contributed by atoms with Crippen LogP contribution in [0, 0.1) is 0 Å². The van der Waals surface area contributed by atoms with Crippen LogP contribution in [0.1, 0.15) is 12.8 Å². The van der Waals surface area contributed by atoms with Crippen LogP contribution in [0.15, 0.2) is 0 Å². The maximum Gasteiger partial charge on any atom is 0.154 e. The highest BCUT2D eigenvalue weighted by Gasteiger charge is 2.36. The van der Waals surface area contributed by atoms with Crippen molar-refractivity contribution in [3.8, 4) is 0 Å². The fraction of sp³-hybridized carbons (Fsp3) is 1.00. The first-order chi connectivity index (χ1) is 7.48. The number of nitrogens with zero attached hydrogens (tertiary/aromatic N) is 1. The van der Waals surface area contributed by atoms with Gasteiger partial charge in [0.15, 0.2) is 9.84 Å². The zero-order chi connectivity index (χ0) is 11.8. The van der Waals surface area contributed by atoms with Crippen LogP contribution >= 0.6 is 0 Å². The number of aliphatic hydroxyl groups is 1. The summed E-state index contributed by atoms with van der Waals surface area (Å²) >= 11 is 0. The van der Waals surface area contributed by atoms with E-state index in [2.05, 4.69) is 17.3 Å². The smallest absolute Gasteiger partial charge is 0.154 e. The molecular weight excluding hydrogens is 228 g/mol. The van der Waals surface area contributed by atoms with Gasteiger partial charge in [0, 0.05) is 25.2 Å². The second-order valence-corrected chi connectivity index (χ2v) is 7.07. The molecule has 0 spiro atoms. The van der Waals surface area contributed by atoms with E-state index in [0.717, 1.165) is 19.1 Å². The molecule has 2 atom stereocenters. The van der Waals surface area contributed by atoms with Crippen LogP contribution in [0.2, 0.25) is 0 Å². The van der Waals surface area contributed by atoms with Crippen molar-refractivity contribution in [2.24, 2.45) is 0 Å². The van der Waals surface area contributed by atoms with E-state index in [-0.39, 0.29) is 17.5 Å². The van der Waals surface area contributed by atoms with E-state index in [1.165, 1.54) is 12.8 Å². The lowest BCUT2D eigenvalue weighted by atomic mass is 10.2. The largest absolute Gasteiger partial charge is 0.390 e. The van der Waals surface area contributed by atoms with Gasteiger partial charge in [0.2, 0.25) is 0 Å². The Hall–Kier alpha value is -0.170. The Morgan fingerprint density at radius 1 is 1.38 bits per heavy atom. The maximum absolute atomic E-state index is 11.3. The van der Waals surface area contributed by atoms with E-state index in [0.29, 0.717) is 0 Å². The molecule has 0 radical (unpaired) electrons. The van der Waals surface area contributed by atoms with Crippen molar-refractivity contribution in [1.29, 1.82) is 0 Å². The third-order valence-corrected chi connectivity index (χ3v) is 5.08. The van der Waals surface area contributed by atoms with Crippen LogP contribution < -0.4 is 5.32 Å². The minimum absolute atomic E-state index is 0.0707. The van der Waals surface area contributed by atoms with Crippen LogP contribution in [0.4, 0.5) is 0 Å². The quantitative estimate of drug-likeness (QED) is 0.641. The molecule has 2 rings (SSSR count). The number of hydrogen-bond acceptors (Lipinski definition) is 5. The van der Waals surface area contributed by atoms with Gasteiger partial charge < -0.3 is 15.3 Å². The fourth-order valence-electron chi connectivity index (χ4n) is 2.15. The normalized spacial score (nSPS) is 33.4. The van der Waals surface area contributed by atoms with Crippen molar-refractivity contribution in [3.05, 3.63) is 0 Å². The molecule has 1 heterocycles. The molecule has 6 heteroatoms. The lowest BCUT2D eigenvalue weighted by Gasteiger charge is -2.19. The molecule has 2 unspecified atom stereocenters. The molecule has 0 aromatic rings. The Morgan fingerprint density at radius 2 is 2.06 bits per heavy atom. The molecule has 2 fully saturated rings. The highest BCUT2D eigenvalue weighted by molar-refractivity contribution is 7.91.